The number of rotatable bonds is 6. The standard InChI is InChI=1S/C18H29N3O2/c1-5-19(6-2)18(22)15(3)20-11-13-21(14-12-20)16-9-7-8-10-17(16)23-4/h7-10,15H,5-6,11-14H2,1-4H3. The van der Waals surface area contributed by atoms with Crippen molar-refractivity contribution >= 4 is 11.6 Å². The molecule has 1 aliphatic rings. The van der Waals surface area contributed by atoms with Gasteiger partial charge in [0, 0.05) is 39.3 Å². The van der Waals surface area contributed by atoms with E-state index in [0.29, 0.717) is 0 Å². The Hall–Kier alpha value is -1.75. The van der Waals surface area contributed by atoms with E-state index >= 15 is 0 Å². The molecule has 1 aromatic rings. The van der Waals surface area contributed by atoms with Crippen LogP contribution in [0.15, 0.2) is 24.3 Å². The number of amides is 1. The Kier molecular flexibility index (Phi) is 6.28. The number of piperazine rings is 1. The normalized spacial score (nSPS) is 17.0. The predicted octanol–water partition coefficient (Wildman–Crippen LogP) is 2.07. The molecule has 5 heteroatoms. The lowest BCUT2D eigenvalue weighted by Crippen LogP contribution is -2.54. The highest BCUT2D eigenvalue weighted by Crippen LogP contribution is 2.28. The van der Waals surface area contributed by atoms with Crippen LogP contribution in [0, 0.1) is 0 Å². The molecule has 1 aliphatic heterocycles. The average Bonchev–Trinajstić information content (AvgIpc) is 2.62. The largest absolute Gasteiger partial charge is 0.495 e. The number of carbonyl (C=O) groups is 1. The Morgan fingerprint density at radius 3 is 2.35 bits per heavy atom. The molecule has 0 radical (unpaired) electrons. The van der Waals surface area contributed by atoms with Crippen molar-refractivity contribution in [3.63, 3.8) is 0 Å². The summed E-state index contributed by atoms with van der Waals surface area (Å²) in [7, 11) is 1.71. The molecule has 1 aromatic carbocycles. The Bertz CT molecular complexity index is 509. The van der Waals surface area contributed by atoms with Gasteiger partial charge in [0.2, 0.25) is 5.91 Å². The van der Waals surface area contributed by atoms with Crippen LogP contribution in [0.25, 0.3) is 0 Å². The van der Waals surface area contributed by atoms with Gasteiger partial charge in [-0.2, -0.15) is 0 Å². The number of anilines is 1. The van der Waals surface area contributed by atoms with Crippen LogP contribution in [0.4, 0.5) is 5.69 Å². The van der Waals surface area contributed by atoms with E-state index in [9.17, 15) is 4.79 Å². The topological polar surface area (TPSA) is 36.0 Å². The number of carbonyl (C=O) groups excluding carboxylic acids is 1. The summed E-state index contributed by atoms with van der Waals surface area (Å²) in [6, 6.07) is 8.07. The zero-order chi connectivity index (χ0) is 16.8. The highest BCUT2D eigenvalue weighted by atomic mass is 16.5. The van der Waals surface area contributed by atoms with E-state index in [1.807, 2.05) is 43.9 Å². The third-order valence-corrected chi connectivity index (χ3v) is 4.72. The van der Waals surface area contributed by atoms with Crippen molar-refractivity contribution in [3.05, 3.63) is 24.3 Å². The molecular formula is C18H29N3O2. The van der Waals surface area contributed by atoms with Crippen LogP contribution >= 0.6 is 0 Å². The lowest BCUT2D eigenvalue weighted by atomic mass is 10.1. The smallest absolute Gasteiger partial charge is 0.239 e. The summed E-state index contributed by atoms with van der Waals surface area (Å²) in [6.45, 7) is 11.3. The van der Waals surface area contributed by atoms with Crippen molar-refractivity contribution in [2.24, 2.45) is 0 Å². The van der Waals surface area contributed by atoms with Gasteiger partial charge in [-0.15, -0.1) is 0 Å². The Labute approximate surface area is 139 Å². The number of ether oxygens (including phenoxy) is 1. The number of hydrogen-bond acceptors (Lipinski definition) is 4. The summed E-state index contributed by atoms with van der Waals surface area (Å²) in [4.78, 5) is 19.0. The second-order valence-corrected chi connectivity index (χ2v) is 5.88. The first-order valence-electron chi connectivity index (χ1n) is 8.53. The highest BCUT2D eigenvalue weighted by molar-refractivity contribution is 5.81. The summed E-state index contributed by atoms with van der Waals surface area (Å²) in [5, 5.41) is 0. The molecule has 1 saturated heterocycles. The monoisotopic (exact) mass is 319 g/mol. The molecule has 1 atom stereocenters. The zero-order valence-corrected chi connectivity index (χ0v) is 14.8. The summed E-state index contributed by atoms with van der Waals surface area (Å²) in [5.74, 6) is 1.15. The van der Waals surface area contributed by atoms with E-state index < -0.39 is 0 Å². The molecule has 5 nitrogen and oxygen atoms in total. The number of nitrogens with zero attached hydrogens (tertiary/aromatic N) is 3. The van der Waals surface area contributed by atoms with E-state index in [2.05, 4.69) is 15.9 Å². The van der Waals surface area contributed by atoms with Crippen LogP contribution in [-0.2, 0) is 4.79 Å². The van der Waals surface area contributed by atoms with Gasteiger partial charge >= 0.3 is 0 Å². The first-order valence-corrected chi connectivity index (χ1v) is 8.53. The molecule has 0 N–H and O–H groups in total. The second kappa shape index (κ2) is 8.20. The van der Waals surface area contributed by atoms with Crippen molar-refractivity contribution in [2.75, 3.05) is 51.3 Å². The lowest BCUT2D eigenvalue weighted by molar-refractivity contribution is -0.136. The molecule has 0 spiro atoms. The quantitative estimate of drug-likeness (QED) is 0.804. The molecule has 23 heavy (non-hydrogen) atoms. The van der Waals surface area contributed by atoms with Crippen molar-refractivity contribution < 1.29 is 9.53 Å². The van der Waals surface area contributed by atoms with Gasteiger partial charge in [0.25, 0.3) is 0 Å². The summed E-state index contributed by atoms with van der Waals surface area (Å²) >= 11 is 0. The maximum absolute atomic E-state index is 12.5. The number of para-hydroxylation sites is 2. The Morgan fingerprint density at radius 1 is 1.17 bits per heavy atom. The van der Waals surface area contributed by atoms with E-state index in [1.165, 1.54) is 0 Å². The molecule has 0 bridgehead atoms. The van der Waals surface area contributed by atoms with Gasteiger partial charge in [-0.1, -0.05) is 12.1 Å². The van der Waals surface area contributed by atoms with Crippen molar-refractivity contribution in [1.29, 1.82) is 0 Å². The van der Waals surface area contributed by atoms with Crippen molar-refractivity contribution in [1.82, 2.24) is 9.80 Å². The number of benzene rings is 1. The molecule has 1 fully saturated rings. The van der Waals surface area contributed by atoms with Crippen LogP contribution in [0.1, 0.15) is 20.8 Å². The molecule has 1 heterocycles. The van der Waals surface area contributed by atoms with Gasteiger partial charge in [0.15, 0.2) is 0 Å². The fourth-order valence-corrected chi connectivity index (χ4v) is 3.20. The molecule has 1 unspecified atom stereocenters. The van der Waals surface area contributed by atoms with Crippen LogP contribution in [0.5, 0.6) is 5.75 Å². The van der Waals surface area contributed by atoms with Gasteiger partial charge < -0.3 is 14.5 Å². The maximum atomic E-state index is 12.5. The Balaban J connectivity index is 1.97. The maximum Gasteiger partial charge on any atom is 0.239 e. The first kappa shape index (κ1) is 17.6. The average molecular weight is 319 g/mol. The van der Waals surface area contributed by atoms with Crippen LogP contribution < -0.4 is 9.64 Å². The minimum Gasteiger partial charge on any atom is -0.495 e. The Morgan fingerprint density at radius 2 is 1.78 bits per heavy atom. The third kappa shape index (κ3) is 3.96. The predicted molar refractivity (Wildman–Crippen MR) is 94.2 cm³/mol. The van der Waals surface area contributed by atoms with Crippen LogP contribution in [0.2, 0.25) is 0 Å². The van der Waals surface area contributed by atoms with Crippen molar-refractivity contribution in [2.45, 2.75) is 26.8 Å². The minimum atomic E-state index is -0.0466. The van der Waals surface area contributed by atoms with Gasteiger partial charge in [-0.25, -0.2) is 0 Å². The first-order chi connectivity index (χ1) is 11.1. The zero-order valence-electron chi connectivity index (χ0n) is 14.8. The number of methoxy groups -OCH3 is 1. The molecule has 0 saturated carbocycles. The van der Waals surface area contributed by atoms with E-state index in [0.717, 1.165) is 50.7 Å². The third-order valence-electron chi connectivity index (χ3n) is 4.72. The van der Waals surface area contributed by atoms with Crippen LogP contribution in [-0.4, -0.2) is 68.1 Å². The van der Waals surface area contributed by atoms with E-state index in [-0.39, 0.29) is 11.9 Å². The highest BCUT2D eigenvalue weighted by Gasteiger charge is 2.28. The second-order valence-electron chi connectivity index (χ2n) is 5.88. The lowest BCUT2D eigenvalue weighted by Gasteiger charge is -2.40. The minimum absolute atomic E-state index is 0.0466. The summed E-state index contributed by atoms with van der Waals surface area (Å²) in [5.41, 5.74) is 1.14. The van der Waals surface area contributed by atoms with Gasteiger partial charge in [-0.05, 0) is 32.9 Å². The SMILES string of the molecule is CCN(CC)C(=O)C(C)N1CCN(c2ccccc2OC)CC1. The molecule has 1 amide bonds. The number of likely N-dealkylation sites (N-methyl/N-ethyl adjacent to an activating group) is 1. The summed E-state index contributed by atoms with van der Waals surface area (Å²) in [6.07, 6.45) is 0. The molecular weight excluding hydrogens is 290 g/mol. The summed E-state index contributed by atoms with van der Waals surface area (Å²) < 4.78 is 5.46. The molecule has 2 rings (SSSR count). The van der Waals surface area contributed by atoms with E-state index in [4.69, 9.17) is 4.74 Å². The molecule has 0 aliphatic carbocycles. The fourth-order valence-electron chi connectivity index (χ4n) is 3.20. The van der Waals surface area contributed by atoms with E-state index in [1.54, 1.807) is 7.11 Å². The van der Waals surface area contributed by atoms with Gasteiger partial charge in [-0.3, -0.25) is 9.69 Å². The molecule has 128 valence electrons. The van der Waals surface area contributed by atoms with Gasteiger partial charge in [0.1, 0.15) is 5.75 Å². The van der Waals surface area contributed by atoms with Crippen LogP contribution in [0.3, 0.4) is 0 Å². The fraction of sp³-hybridized carbons (Fsp3) is 0.611. The van der Waals surface area contributed by atoms with Crippen molar-refractivity contribution in [3.8, 4) is 5.75 Å². The number of hydrogen-bond donors (Lipinski definition) is 0. The molecule has 0 aromatic heterocycles. The van der Waals surface area contributed by atoms with Gasteiger partial charge in [0.05, 0.1) is 18.8 Å².